The van der Waals surface area contributed by atoms with Gasteiger partial charge in [-0.05, 0) is 59.2 Å². The van der Waals surface area contributed by atoms with Gasteiger partial charge in [0.15, 0.2) is 0 Å². The molecule has 3 heterocycles. The number of rotatable bonds is 4. The third-order valence-electron chi connectivity index (χ3n) is 6.55. The van der Waals surface area contributed by atoms with Gasteiger partial charge in [0.1, 0.15) is 18.0 Å². The largest absolute Gasteiger partial charge is 0.398 e. The monoisotopic (exact) mass is 415 g/mol. The Balaban J connectivity index is 1.32. The predicted octanol–water partition coefficient (Wildman–Crippen LogP) is 2.85. The summed E-state index contributed by atoms with van der Waals surface area (Å²) in [6, 6.07) is 6.70. The van der Waals surface area contributed by atoms with Gasteiger partial charge in [-0.2, -0.15) is 0 Å². The molecule has 1 aromatic carbocycles. The van der Waals surface area contributed by atoms with Gasteiger partial charge in [-0.15, -0.1) is 0 Å². The lowest BCUT2D eigenvalue weighted by atomic mass is 9.96. The fraction of sp³-hybridized carbons (Fsp3) is 0.333. The van der Waals surface area contributed by atoms with E-state index in [4.69, 9.17) is 11.5 Å². The molecule has 0 unspecified atom stereocenters. The summed E-state index contributed by atoms with van der Waals surface area (Å²) in [5.74, 6) is 1.32. The van der Waals surface area contributed by atoms with E-state index in [1.807, 2.05) is 10.8 Å². The Bertz CT molecular complexity index is 1150. The number of piperazine rings is 1. The van der Waals surface area contributed by atoms with Crippen LogP contribution in [0.3, 0.4) is 0 Å². The third kappa shape index (κ3) is 3.71. The van der Waals surface area contributed by atoms with E-state index in [-0.39, 0.29) is 6.04 Å². The van der Waals surface area contributed by atoms with E-state index in [9.17, 15) is 0 Å². The predicted molar refractivity (Wildman–Crippen MR) is 125 cm³/mol. The molecule has 1 saturated heterocycles. The average molecular weight is 416 g/mol. The number of allylic oxidation sites excluding steroid dienone is 1. The van der Waals surface area contributed by atoms with E-state index in [0.29, 0.717) is 5.82 Å². The Morgan fingerprint density at radius 1 is 1.23 bits per heavy atom. The number of nitrogen functional groups attached to an aromatic ring is 2. The lowest BCUT2D eigenvalue weighted by Crippen LogP contribution is -2.45. The van der Waals surface area contributed by atoms with Crippen molar-refractivity contribution in [3.8, 4) is 5.82 Å². The number of imidazole rings is 1. The van der Waals surface area contributed by atoms with Crippen LogP contribution in [-0.2, 0) is 13.0 Å². The molecule has 3 aromatic rings. The number of nitrogens with zero attached hydrogens (tertiary/aromatic N) is 4. The minimum absolute atomic E-state index is 0.231. The molecule has 0 spiro atoms. The van der Waals surface area contributed by atoms with Crippen molar-refractivity contribution in [3.05, 3.63) is 71.3 Å². The molecule has 7 nitrogen and oxygen atoms in total. The first kappa shape index (κ1) is 19.8. The van der Waals surface area contributed by atoms with Gasteiger partial charge in [0, 0.05) is 44.1 Å². The van der Waals surface area contributed by atoms with Gasteiger partial charge in [-0.25, -0.2) is 9.97 Å². The van der Waals surface area contributed by atoms with Crippen LogP contribution in [0.5, 0.6) is 0 Å². The molecule has 0 bridgehead atoms. The molecule has 2 aliphatic rings. The summed E-state index contributed by atoms with van der Waals surface area (Å²) in [5, 5.41) is 3.66. The summed E-state index contributed by atoms with van der Waals surface area (Å²) < 4.78 is 1.85. The normalized spacial score (nSPS) is 19.0. The highest BCUT2D eigenvalue weighted by Crippen LogP contribution is 2.38. The number of nitrogens with one attached hydrogen (secondary N) is 1. The van der Waals surface area contributed by atoms with Gasteiger partial charge in [0.25, 0.3) is 0 Å². The molecule has 5 rings (SSSR count). The number of pyridine rings is 1. The summed E-state index contributed by atoms with van der Waals surface area (Å²) in [5.41, 5.74) is 20.6. The van der Waals surface area contributed by atoms with Crippen molar-refractivity contribution in [2.75, 3.05) is 31.1 Å². The summed E-state index contributed by atoms with van der Waals surface area (Å²) in [6.07, 6.45) is 7.45. The van der Waals surface area contributed by atoms with E-state index in [1.54, 1.807) is 12.5 Å². The zero-order valence-corrected chi connectivity index (χ0v) is 17.9. The Kier molecular flexibility index (Phi) is 5.00. The van der Waals surface area contributed by atoms with Crippen LogP contribution < -0.4 is 16.8 Å². The van der Waals surface area contributed by atoms with Crippen molar-refractivity contribution in [1.29, 1.82) is 0 Å². The number of fused-ring (bicyclic) bond motifs is 1. The summed E-state index contributed by atoms with van der Waals surface area (Å²) in [7, 11) is 0. The quantitative estimate of drug-likeness (QED) is 0.567. The van der Waals surface area contributed by atoms with Crippen molar-refractivity contribution in [1.82, 2.24) is 24.8 Å². The number of aryl methyl sites for hydroxylation is 1. The highest BCUT2D eigenvalue weighted by atomic mass is 15.2. The van der Waals surface area contributed by atoms with E-state index in [0.717, 1.165) is 50.5 Å². The number of hydrogen-bond acceptors (Lipinski definition) is 6. The second-order valence-corrected chi connectivity index (χ2v) is 8.61. The third-order valence-corrected chi connectivity index (χ3v) is 6.55. The first-order valence-electron chi connectivity index (χ1n) is 10.8. The molecule has 1 aliphatic heterocycles. The zero-order valence-electron chi connectivity index (χ0n) is 17.9. The smallest absolute Gasteiger partial charge is 0.142 e. The Hall–Kier alpha value is -3.16. The highest BCUT2D eigenvalue weighted by molar-refractivity contribution is 5.77. The van der Waals surface area contributed by atoms with Crippen LogP contribution in [0.15, 0.2) is 43.5 Å². The SMILES string of the molecule is C=C1CCc2c1ccc([C@@H]1CN(Cc3cnc(-n4cnc(N)c4)cc3C)CCN1)c2N. The standard InChI is InChI=1S/C24H29N7/c1-15-3-4-19-18(15)5-6-20(24(19)26)21-12-30(8-7-27-21)11-17-10-28-23(9-16(17)2)31-13-22(25)29-14-31/h5-6,9-10,13-14,21,27H,1,3-4,7-8,11-12,25-26H2,2H3/t21-/m0/s1. The van der Waals surface area contributed by atoms with Gasteiger partial charge in [0.05, 0.1) is 6.20 Å². The maximum absolute atomic E-state index is 6.60. The first-order chi connectivity index (χ1) is 15.0. The van der Waals surface area contributed by atoms with Crippen LogP contribution in [0.4, 0.5) is 11.5 Å². The molecular formula is C24H29N7. The number of nitrogens with two attached hydrogens (primary N) is 2. The van der Waals surface area contributed by atoms with Gasteiger partial charge >= 0.3 is 0 Å². The highest BCUT2D eigenvalue weighted by Gasteiger charge is 2.26. The van der Waals surface area contributed by atoms with Crippen LogP contribution in [0.25, 0.3) is 11.4 Å². The molecule has 1 atom stereocenters. The summed E-state index contributed by atoms with van der Waals surface area (Å²) >= 11 is 0. The van der Waals surface area contributed by atoms with Gasteiger partial charge in [-0.1, -0.05) is 18.7 Å². The van der Waals surface area contributed by atoms with Crippen LogP contribution in [0, 0.1) is 6.92 Å². The van der Waals surface area contributed by atoms with Crippen molar-refractivity contribution >= 4 is 17.1 Å². The molecule has 1 aliphatic carbocycles. The topological polar surface area (TPSA) is 98.0 Å². The van der Waals surface area contributed by atoms with Crippen LogP contribution >= 0.6 is 0 Å². The molecule has 160 valence electrons. The molecule has 0 radical (unpaired) electrons. The molecule has 0 amide bonds. The molecule has 7 heteroatoms. The summed E-state index contributed by atoms with van der Waals surface area (Å²) in [4.78, 5) is 11.2. The van der Waals surface area contributed by atoms with Crippen LogP contribution in [-0.4, -0.2) is 39.1 Å². The molecular weight excluding hydrogens is 386 g/mol. The van der Waals surface area contributed by atoms with Gasteiger partial charge in [0.2, 0.25) is 0 Å². The molecule has 1 fully saturated rings. The van der Waals surface area contributed by atoms with Crippen molar-refractivity contribution < 1.29 is 0 Å². The number of hydrogen-bond donors (Lipinski definition) is 3. The molecule has 2 aromatic heterocycles. The van der Waals surface area contributed by atoms with Gasteiger partial charge in [-0.3, -0.25) is 9.47 Å². The van der Waals surface area contributed by atoms with E-state index < -0.39 is 0 Å². The second-order valence-electron chi connectivity index (χ2n) is 8.61. The maximum atomic E-state index is 6.60. The Morgan fingerprint density at radius 3 is 2.87 bits per heavy atom. The van der Waals surface area contributed by atoms with E-state index in [1.165, 1.54) is 33.4 Å². The second kappa shape index (κ2) is 7.83. The number of benzene rings is 1. The van der Waals surface area contributed by atoms with Crippen LogP contribution in [0.1, 0.15) is 40.3 Å². The van der Waals surface area contributed by atoms with Crippen molar-refractivity contribution in [2.24, 2.45) is 0 Å². The Morgan fingerprint density at radius 2 is 2.10 bits per heavy atom. The van der Waals surface area contributed by atoms with Crippen molar-refractivity contribution in [3.63, 3.8) is 0 Å². The minimum atomic E-state index is 0.231. The lowest BCUT2D eigenvalue weighted by Gasteiger charge is -2.35. The van der Waals surface area contributed by atoms with Crippen LogP contribution in [0.2, 0.25) is 0 Å². The fourth-order valence-electron chi connectivity index (χ4n) is 4.74. The maximum Gasteiger partial charge on any atom is 0.142 e. The fourth-order valence-corrected chi connectivity index (χ4v) is 4.74. The summed E-state index contributed by atoms with van der Waals surface area (Å²) in [6.45, 7) is 10.0. The van der Waals surface area contributed by atoms with E-state index in [2.05, 4.69) is 51.9 Å². The average Bonchev–Trinajstić information content (AvgIpc) is 3.36. The first-order valence-corrected chi connectivity index (χ1v) is 10.8. The zero-order chi connectivity index (χ0) is 21.5. The molecule has 0 saturated carbocycles. The van der Waals surface area contributed by atoms with E-state index >= 15 is 0 Å². The van der Waals surface area contributed by atoms with Crippen molar-refractivity contribution in [2.45, 2.75) is 32.4 Å². The minimum Gasteiger partial charge on any atom is -0.398 e. The number of anilines is 2. The molecule has 5 N–H and O–H groups in total. The lowest BCUT2D eigenvalue weighted by molar-refractivity contribution is 0.193. The number of aromatic nitrogens is 3. The van der Waals surface area contributed by atoms with Gasteiger partial charge < -0.3 is 16.8 Å². The Labute approximate surface area is 182 Å². The molecule has 31 heavy (non-hydrogen) atoms.